The Morgan fingerprint density at radius 1 is 1.33 bits per heavy atom. The van der Waals surface area contributed by atoms with Crippen LogP contribution in [0.25, 0.3) is 0 Å². The van der Waals surface area contributed by atoms with E-state index >= 15 is 0 Å². The second kappa shape index (κ2) is 9.65. The lowest BCUT2D eigenvalue weighted by atomic mass is 10.1. The minimum absolute atomic E-state index is 0.233. The van der Waals surface area contributed by atoms with Crippen molar-refractivity contribution in [2.75, 3.05) is 40.3 Å². The average molecular weight is 256 g/mol. The Bertz CT molecular complexity index is 257. The van der Waals surface area contributed by atoms with Crippen molar-refractivity contribution in [1.82, 2.24) is 9.80 Å². The van der Waals surface area contributed by atoms with E-state index in [9.17, 15) is 9.59 Å². The monoisotopic (exact) mass is 256 g/mol. The predicted octanol–water partition coefficient (Wildman–Crippen LogP) is 1.54. The lowest BCUT2D eigenvalue weighted by Gasteiger charge is -2.25. The third kappa shape index (κ3) is 7.06. The Labute approximate surface area is 109 Å². The SMILES string of the molecule is C=C.CN(C)CCCOC(=O)N1CCC(=O)CC1. The first-order chi connectivity index (χ1) is 8.59. The van der Waals surface area contributed by atoms with Crippen molar-refractivity contribution >= 4 is 11.9 Å². The van der Waals surface area contributed by atoms with E-state index in [1.807, 2.05) is 19.0 Å². The lowest BCUT2D eigenvalue weighted by molar-refractivity contribution is -0.121. The summed E-state index contributed by atoms with van der Waals surface area (Å²) in [5.74, 6) is 0.233. The van der Waals surface area contributed by atoms with Crippen LogP contribution in [0, 0.1) is 0 Å². The second-order valence-corrected chi connectivity index (χ2v) is 4.30. The van der Waals surface area contributed by atoms with E-state index in [4.69, 9.17) is 4.74 Å². The van der Waals surface area contributed by atoms with Crippen molar-refractivity contribution in [3.8, 4) is 0 Å². The molecule has 1 rings (SSSR count). The van der Waals surface area contributed by atoms with E-state index in [0.717, 1.165) is 13.0 Å². The quantitative estimate of drug-likeness (QED) is 0.565. The maximum absolute atomic E-state index is 11.5. The number of amides is 1. The Morgan fingerprint density at radius 2 is 1.89 bits per heavy atom. The number of ether oxygens (including phenoxy) is 1. The summed E-state index contributed by atoms with van der Waals surface area (Å²) >= 11 is 0. The number of ketones is 1. The van der Waals surface area contributed by atoms with Gasteiger partial charge in [0, 0.05) is 32.5 Å². The zero-order valence-electron chi connectivity index (χ0n) is 11.5. The van der Waals surface area contributed by atoms with E-state index in [1.165, 1.54) is 0 Å². The fourth-order valence-electron chi connectivity index (χ4n) is 1.57. The van der Waals surface area contributed by atoms with E-state index in [1.54, 1.807) is 4.90 Å². The molecule has 0 N–H and O–H groups in total. The zero-order valence-corrected chi connectivity index (χ0v) is 11.5. The predicted molar refractivity (Wildman–Crippen MR) is 71.6 cm³/mol. The van der Waals surface area contributed by atoms with Gasteiger partial charge in [0.2, 0.25) is 0 Å². The third-order valence-electron chi connectivity index (χ3n) is 2.55. The first-order valence-corrected chi connectivity index (χ1v) is 6.17. The largest absolute Gasteiger partial charge is 0.449 e. The Morgan fingerprint density at radius 3 is 2.39 bits per heavy atom. The van der Waals surface area contributed by atoms with E-state index in [-0.39, 0.29) is 11.9 Å². The third-order valence-corrected chi connectivity index (χ3v) is 2.55. The van der Waals surface area contributed by atoms with Crippen LogP contribution in [0.4, 0.5) is 4.79 Å². The molecule has 0 radical (unpaired) electrons. The van der Waals surface area contributed by atoms with Gasteiger partial charge in [-0.2, -0.15) is 0 Å². The van der Waals surface area contributed by atoms with E-state index < -0.39 is 0 Å². The number of nitrogens with zero attached hydrogens (tertiary/aromatic N) is 2. The van der Waals surface area contributed by atoms with Crippen LogP contribution in [0.1, 0.15) is 19.3 Å². The molecule has 0 atom stereocenters. The highest BCUT2D eigenvalue weighted by molar-refractivity contribution is 5.81. The van der Waals surface area contributed by atoms with Crippen molar-refractivity contribution in [1.29, 1.82) is 0 Å². The standard InChI is InChI=1S/C11H20N2O3.C2H4/c1-12(2)6-3-9-16-11(15)13-7-4-10(14)5-8-13;1-2/h3-9H2,1-2H3;1-2H2. The number of Topliss-reactive ketones (excluding diaryl/α,β-unsaturated/α-hetero) is 1. The highest BCUT2D eigenvalue weighted by Crippen LogP contribution is 2.07. The first-order valence-electron chi connectivity index (χ1n) is 6.17. The van der Waals surface area contributed by atoms with Crippen molar-refractivity contribution in [3.63, 3.8) is 0 Å². The van der Waals surface area contributed by atoms with Gasteiger partial charge in [0.05, 0.1) is 6.61 Å². The number of rotatable bonds is 4. The molecule has 104 valence electrons. The summed E-state index contributed by atoms with van der Waals surface area (Å²) < 4.78 is 5.12. The summed E-state index contributed by atoms with van der Waals surface area (Å²) in [7, 11) is 3.97. The molecule has 5 nitrogen and oxygen atoms in total. The van der Waals surface area contributed by atoms with Gasteiger partial charge < -0.3 is 14.5 Å². The Hall–Kier alpha value is -1.36. The molecule has 0 unspecified atom stereocenters. The number of carbonyl (C=O) groups is 2. The van der Waals surface area contributed by atoms with Crippen LogP contribution in [-0.4, -0.2) is 62.0 Å². The van der Waals surface area contributed by atoms with Crippen LogP contribution in [0.3, 0.4) is 0 Å². The van der Waals surface area contributed by atoms with Gasteiger partial charge in [-0.25, -0.2) is 4.79 Å². The van der Waals surface area contributed by atoms with Gasteiger partial charge in [0.1, 0.15) is 5.78 Å². The van der Waals surface area contributed by atoms with Gasteiger partial charge in [-0.15, -0.1) is 13.2 Å². The second-order valence-electron chi connectivity index (χ2n) is 4.30. The number of hydrogen-bond acceptors (Lipinski definition) is 4. The number of likely N-dealkylation sites (tertiary alicyclic amines) is 1. The van der Waals surface area contributed by atoms with Crippen LogP contribution in [0.2, 0.25) is 0 Å². The topological polar surface area (TPSA) is 49.9 Å². The smallest absolute Gasteiger partial charge is 0.409 e. The highest BCUT2D eigenvalue weighted by Gasteiger charge is 2.21. The van der Waals surface area contributed by atoms with Crippen LogP contribution in [0.5, 0.6) is 0 Å². The molecule has 1 heterocycles. The minimum Gasteiger partial charge on any atom is -0.449 e. The van der Waals surface area contributed by atoms with Crippen LogP contribution in [-0.2, 0) is 9.53 Å². The van der Waals surface area contributed by atoms with Crippen LogP contribution < -0.4 is 0 Å². The maximum Gasteiger partial charge on any atom is 0.409 e. The molecule has 1 saturated heterocycles. The minimum atomic E-state index is -0.286. The molecule has 0 aromatic heterocycles. The molecule has 1 amide bonds. The number of piperidine rings is 1. The average Bonchev–Trinajstić information content (AvgIpc) is 2.37. The van der Waals surface area contributed by atoms with Crippen molar-refractivity contribution in [2.24, 2.45) is 0 Å². The molecule has 1 aliphatic rings. The molecule has 5 heteroatoms. The summed E-state index contributed by atoms with van der Waals surface area (Å²) in [5, 5.41) is 0. The fourth-order valence-corrected chi connectivity index (χ4v) is 1.57. The summed E-state index contributed by atoms with van der Waals surface area (Å²) in [6.45, 7) is 8.37. The Balaban J connectivity index is 0.00000137. The number of carbonyl (C=O) groups excluding carboxylic acids is 2. The molecule has 0 spiro atoms. The van der Waals surface area contributed by atoms with Gasteiger partial charge in [-0.3, -0.25) is 4.79 Å². The highest BCUT2D eigenvalue weighted by atomic mass is 16.6. The van der Waals surface area contributed by atoms with Crippen molar-refractivity contribution in [2.45, 2.75) is 19.3 Å². The normalized spacial score (nSPS) is 15.1. The summed E-state index contributed by atoms with van der Waals surface area (Å²) in [6.07, 6.45) is 1.48. The zero-order chi connectivity index (χ0) is 14.0. The molecule has 1 aliphatic heterocycles. The van der Waals surface area contributed by atoms with Gasteiger partial charge in [-0.05, 0) is 20.5 Å². The molecule has 0 saturated carbocycles. The Kier molecular flexibility index (Phi) is 8.92. The van der Waals surface area contributed by atoms with Gasteiger partial charge >= 0.3 is 6.09 Å². The van der Waals surface area contributed by atoms with E-state index in [0.29, 0.717) is 32.5 Å². The molecule has 0 aromatic rings. The molecule has 18 heavy (non-hydrogen) atoms. The van der Waals surface area contributed by atoms with Gasteiger partial charge in [-0.1, -0.05) is 0 Å². The van der Waals surface area contributed by atoms with Gasteiger partial charge in [0.15, 0.2) is 0 Å². The first kappa shape index (κ1) is 16.6. The summed E-state index contributed by atoms with van der Waals surface area (Å²) in [4.78, 5) is 26.2. The van der Waals surface area contributed by atoms with E-state index in [2.05, 4.69) is 13.2 Å². The maximum atomic E-state index is 11.5. The fraction of sp³-hybridized carbons (Fsp3) is 0.692. The number of hydrogen-bond donors (Lipinski definition) is 0. The van der Waals surface area contributed by atoms with Crippen LogP contribution in [0.15, 0.2) is 13.2 Å². The molecule has 1 fully saturated rings. The lowest BCUT2D eigenvalue weighted by Crippen LogP contribution is -2.39. The van der Waals surface area contributed by atoms with Crippen molar-refractivity contribution < 1.29 is 14.3 Å². The molecular formula is C13H24N2O3. The molecule has 0 aliphatic carbocycles. The van der Waals surface area contributed by atoms with Crippen LogP contribution >= 0.6 is 0 Å². The molecular weight excluding hydrogens is 232 g/mol. The molecule has 0 aromatic carbocycles. The van der Waals surface area contributed by atoms with Gasteiger partial charge in [0.25, 0.3) is 0 Å². The molecule has 0 bridgehead atoms. The summed E-state index contributed by atoms with van der Waals surface area (Å²) in [6, 6.07) is 0. The van der Waals surface area contributed by atoms with Crippen molar-refractivity contribution in [3.05, 3.63) is 13.2 Å². The summed E-state index contributed by atoms with van der Waals surface area (Å²) in [5.41, 5.74) is 0.